The van der Waals surface area contributed by atoms with Crippen molar-refractivity contribution in [2.45, 2.75) is 26.5 Å². The van der Waals surface area contributed by atoms with E-state index >= 15 is 0 Å². The number of benzene rings is 3. The number of furan rings is 1. The van der Waals surface area contributed by atoms with Gasteiger partial charge in [-0.3, -0.25) is 0 Å². The van der Waals surface area contributed by atoms with Gasteiger partial charge in [0.15, 0.2) is 0 Å². The Balaban J connectivity index is 1.48. The van der Waals surface area contributed by atoms with Gasteiger partial charge in [0.2, 0.25) is 0 Å². The Bertz CT molecular complexity index is 1220. The minimum atomic E-state index is -0.654. The maximum absolute atomic E-state index is 12.4. The number of fused-ring (bicyclic) bond motifs is 3. The first kappa shape index (κ1) is 21.9. The van der Waals surface area contributed by atoms with E-state index in [4.69, 9.17) is 13.9 Å². The zero-order valence-corrected chi connectivity index (χ0v) is 18.3. The molecule has 4 rings (SSSR count). The Morgan fingerprint density at radius 1 is 1.03 bits per heavy atom. The van der Waals surface area contributed by atoms with Crippen molar-refractivity contribution in [2.75, 3.05) is 19.8 Å². The molecule has 0 saturated heterocycles. The summed E-state index contributed by atoms with van der Waals surface area (Å²) in [4.78, 5) is 12.4. The van der Waals surface area contributed by atoms with Crippen LogP contribution in [0, 0.1) is 6.92 Å². The van der Waals surface area contributed by atoms with Crippen LogP contribution in [0.2, 0.25) is 0 Å². The van der Waals surface area contributed by atoms with E-state index < -0.39 is 6.10 Å². The molecule has 166 valence electrons. The summed E-state index contributed by atoms with van der Waals surface area (Å²) in [5.74, 6) is 0.789. The summed E-state index contributed by atoms with van der Waals surface area (Å²) in [7, 11) is 0. The van der Waals surface area contributed by atoms with Crippen LogP contribution in [0.25, 0.3) is 21.7 Å². The van der Waals surface area contributed by atoms with Crippen molar-refractivity contribution in [2.24, 2.45) is 0 Å². The van der Waals surface area contributed by atoms with Crippen molar-refractivity contribution >= 4 is 27.7 Å². The largest absolute Gasteiger partial charge is 0.490 e. The van der Waals surface area contributed by atoms with Gasteiger partial charge in [-0.1, -0.05) is 42.5 Å². The fourth-order valence-corrected chi connectivity index (χ4v) is 3.81. The first-order chi connectivity index (χ1) is 15.6. The topological polar surface area (TPSA) is 80.9 Å². The maximum atomic E-state index is 12.4. The lowest BCUT2D eigenvalue weighted by Crippen LogP contribution is -2.31. The zero-order chi connectivity index (χ0) is 22.5. The van der Waals surface area contributed by atoms with E-state index in [-0.39, 0.29) is 12.6 Å². The van der Waals surface area contributed by atoms with Crippen LogP contribution in [-0.2, 0) is 11.3 Å². The molecular formula is C26H27NO5. The Kier molecular flexibility index (Phi) is 6.73. The van der Waals surface area contributed by atoms with Crippen LogP contribution in [0.5, 0.6) is 5.75 Å². The van der Waals surface area contributed by atoms with Gasteiger partial charge in [-0.15, -0.1) is 0 Å². The number of hydrogen-bond donors (Lipinski definition) is 2. The molecule has 0 fully saturated rings. The molecule has 6 heteroatoms. The molecule has 32 heavy (non-hydrogen) atoms. The van der Waals surface area contributed by atoms with Gasteiger partial charge in [0.05, 0.1) is 6.61 Å². The highest BCUT2D eigenvalue weighted by Gasteiger charge is 2.21. The van der Waals surface area contributed by atoms with Crippen molar-refractivity contribution in [1.29, 1.82) is 0 Å². The highest BCUT2D eigenvalue weighted by molar-refractivity contribution is 6.13. The zero-order valence-electron chi connectivity index (χ0n) is 18.3. The van der Waals surface area contributed by atoms with Crippen molar-refractivity contribution < 1.29 is 23.8 Å². The fraction of sp³-hybridized carbons (Fsp3) is 0.269. The Labute approximate surface area is 186 Å². The minimum Gasteiger partial charge on any atom is -0.490 e. The molecular weight excluding hydrogens is 406 g/mol. The molecule has 4 aromatic rings. The van der Waals surface area contributed by atoms with E-state index in [2.05, 4.69) is 5.32 Å². The van der Waals surface area contributed by atoms with Gasteiger partial charge >= 0.3 is 5.97 Å². The number of aryl methyl sites for hydroxylation is 1. The smallest absolute Gasteiger partial charge is 0.342 e. The summed E-state index contributed by atoms with van der Waals surface area (Å²) in [5, 5.41) is 16.0. The molecule has 1 unspecified atom stereocenters. The molecule has 0 saturated carbocycles. The minimum absolute atomic E-state index is 0.157. The first-order valence-electron chi connectivity index (χ1n) is 10.8. The lowest BCUT2D eigenvalue weighted by molar-refractivity contribution is 0.0526. The second kappa shape index (κ2) is 9.85. The molecule has 1 aromatic heterocycles. The molecule has 0 amide bonds. The standard InChI is InChI=1S/C26H27NO5/c1-3-30-26(29)24-17(2)32-25-21-10-7-11-23(20(21)12-13-22(24)25)31-16-19(28)15-27-14-18-8-5-4-6-9-18/h4-13,19,27-28H,3,14-16H2,1-2H3. The van der Waals surface area contributed by atoms with E-state index in [1.54, 1.807) is 13.8 Å². The summed E-state index contributed by atoms with van der Waals surface area (Å²) >= 11 is 0. The number of hydrogen-bond acceptors (Lipinski definition) is 6. The third kappa shape index (κ3) is 4.61. The summed E-state index contributed by atoms with van der Waals surface area (Å²) in [6.07, 6.45) is -0.654. The fourth-order valence-electron chi connectivity index (χ4n) is 3.81. The Morgan fingerprint density at radius 3 is 2.59 bits per heavy atom. The Hall–Kier alpha value is -3.35. The van der Waals surface area contributed by atoms with Crippen molar-refractivity contribution in [3.63, 3.8) is 0 Å². The molecule has 0 radical (unpaired) electrons. The lowest BCUT2D eigenvalue weighted by atomic mass is 10.0. The number of aliphatic hydroxyl groups excluding tert-OH is 1. The summed E-state index contributed by atoms with van der Waals surface area (Å²) in [5.41, 5.74) is 2.24. The quantitative estimate of drug-likeness (QED) is 0.376. The van der Waals surface area contributed by atoms with Gasteiger partial charge in [-0.2, -0.15) is 0 Å². The SMILES string of the molecule is CCOC(=O)c1c(C)oc2c1ccc1c(OCC(O)CNCc3ccccc3)cccc12. The first-order valence-corrected chi connectivity index (χ1v) is 10.8. The summed E-state index contributed by atoms with van der Waals surface area (Å²) in [6, 6.07) is 19.5. The number of rotatable bonds is 9. The van der Waals surface area contributed by atoms with Gasteiger partial charge in [0.25, 0.3) is 0 Å². The highest BCUT2D eigenvalue weighted by Crippen LogP contribution is 2.36. The van der Waals surface area contributed by atoms with Crippen LogP contribution in [0.1, 0.15) is 28.6 Å². The average molecular weight is 434 g/mol. The molecule has 1 atom stereocenters. The van der Waals surface area contributed by atoms with Crippen molar-refractivity contribution in [3.8, 4) is 5.75 Å². The summed E-state index contributed by atoms with van der Waals surface area (Å²) < 4.78 is 17.1. The van der Waals surface area contributed by atoms with Gasteiger partial charge < -0.3 is 24.3 Å². The molecule has 1 heterocycles. The number of esters is 1. The third-order valence-electron chi connectivity index (χ3n) is 5.31. The molecule has 6 nitrogen and oxygen atoms in total. The number of nitrogens with one attached hydrogen (secondary N) is 1. The van der Waals surface area contributed by atoms with E-state index in [0.29, 0.717) is 42.4 Å². The van der Waals surface area contributed by atoms with Gasteiger partial charge in [0.1, 0.15) is 35.4 Å². The van der Waals surface area contributed by atoms with E-state index in [9.17, 15) is 9.90 Å². The second-order valence-corrected chi connectivity index (χ2v) is 7.63. The van der Waals surface area contributed by atoms with Crippen LogP contribution in [0.4, 0.5) is 0 Å². The Morgan fingerprint density at radius 2 is 1.81 bits per heavy atom. The van der Waals surface area contributed by atoms with E-state index in [0.717, 1.165) is 21.7 Å². The monoisotopic (exact) mass is 433 g/mol. The van der Waals surface area contributed by atoms with Crippen molar-refractivity contribution in [3.05, 3.63) is 77.6 Å². The van der Waals surface area contributed by atoms with E-state index in [1.165, 1.54) is 0 Å². The molecule has 0 spiro atoms. The van der Waals surface area contributed by atoms with Crippen LogP contribution in [0.3, 0.4) is 0 Å². The second-order valence-electron chi connectivity index (χ2n) is 7.63. The molecule has 0 aliphatic carbocycles. The normalized spacial score (nSPS) is 12.2. The number of aliphatic hydroxyl groups is 1. The van der Waals surface area contributed by atoms with Gasteiger partial charge in [-0.05, 0) is 37.6 Å². The predicted molar refractivity (Wildman–Crippen MR) is 124 cm³/mol. The van der Waals surface area contributed by atoms with Gasteiger partial charge in [-0.25, -0.2) is 4.79 Å². The van der Waals surface area contributed by atoms with Crippen LogP contribution < -0.4 is 10.1 Å². The molecule has 0 aliphatic rings. The molecule has 2 N–H and O–H groups in total. The highest BCUT2D eigenvalue weighted by atomic mass is 16.5. The third-order valence-corrected chi connectivity index (χ3v) is 5.31. The number of ether oxygens (including phenoxy) is 2. The molecule has 0 aliphatic heterocycles. The molecule has 0 bridgehead atoms. The maximum Gasteiger partial charge on any atom is 0.342 e. The number of carbonyl (C=O) groups excluding carboxylic acids is 1. The number of carbonyl (C=O) groups is 1. The van der Waals surface area contributed by atoms with Crippen molar-refractivity contribution in [1.82, 2.24) is 5.32 Å². The van der Waals surface area contributed by atoms with Crippen LogP contribution >= 0.6 is 0 Å². The average Bonchev–Trinajstić information content (AvgIpc) is 3.15. The van der Waals surface area contributed by atoms with E-state index in [1.807, 2.05) is 60.7 Å². The summed E-state index contributed by atoms with van der Waals surface area (Å²) in [6.45, 7) is 5.11. The van der Waals surface area contributed by atoms with Crippen LogP contribution in [-0.4, -0.2) is 36.9 Å². The molecule has 3 aromatic carbocycles. The predicted octanol–water partition coefficient (Wildman–Crippen LogP) is 4.60. The van der Waals surface area contributed by atoms with Gasteiger partial charge in [0, 0.05) is 29.2 Å². The lowest BCUT2D eigenvalue weighted by Gasteiger charge is -2.15. The van der Waals surface area contributed by atoms with Crippen LogP contribution in [0.15, 0.2) is 65.1 Å².